The minimum Gasteiger partial charge on any atom is -0.467 e. The number of hydrogen-bond acceptors (Lipinski definition) is 7. The van der Waals surface area contributed by atoms with Crippen LogP contribution in [0.1, 0.15) is 56.9 Å². The van der Waals surface area contributed by atoms with Gasteiger partial charge < -0.3 is 19.8 Å². The van der Waals surface area contributed by atoms with Crippen LogP contribution in [0.3, 0.4) is 0 Å². The molecule has 2 amide bonds. The molecule has 0 fully saturated rings. The van der Waals surface area contributed by atoms with Gasteiger partial charge in [-0.05, 0) is 55.2 Å². The van der Waals surface area contributed by atoms with Crippen LogP contribution >= 0.6 is 27.3 Å². The van der Waals surface area contributed by atoms with Crippen LogP contribution in [0.4, 0.5) is 5.69 Å². The summed E-state index contributed by atoms with van der Waals surface area (Å²) in [5.74, 6) is -1.04. The SMILES string of the molecule is COC(=O)[C@H](CO[Si](C)(C)C(C)(C)C)NC(=O)c1csc(-c2ccc(NC(=O)CCCCCBr)cc2)n1. The first kappa shape index (κ1) is 31.1. The molecule has 37 heavy (non-hydrogen) atoms. The molecule has 2 N–H and O–H groups in total. The highest BCUT2D eigenvalue weighted by molar-refractivity contribution is 9.09. The van der Waals surface area contributed by atoms with Gasteiger partial charge in [0.2, 0.25) is 5.91 Å². The zero-order chi connectivity index (χ0) is 27.6. The van der Waals surface area contributed by atoms with Crippen molar-refractivity contribution in [3.05, 3.63) is 35.3 Å². The summed E-state index contributed by atoms with van der Waals surface area (Å²) >= 11 is 4.72. The molecule has 204 valence electrons. The van der Waals surface area contributed by atoms with Crippen molar-refractivity contribution in [2.75, 3.05) is 24.4 Å². The maximum Gasteiger partial charge on any atom is 0.330 e. The number of alkyl halides is 1. The number of esters is 1. The predicted octanol–water partition coefficient (Wildman–Crippen LogP) is 6.00. The molecular formula is C26H38BrN3O5SSi. The molecule has 8 nitrogen and oxygen atoms in total. The number of aromatic nitrogens is 1. The van der Waals surface area contributed by atoms with Gasteiger partial charge in [0.1, 0.15) is 16.7 Å². The maximum atomic E-state index is 12.9. The first-order chi connectivity index (χ1) is 17.4. The molecule has 1 aromatic heterocycles. The second kappa shape index (κ2) is 14.2. The molecule has 0 unspecified atom stereocenters. The Labute approximate surface area is 233 Å². The Hall–Kier alpha value is -2.08. The normalized spacial score (nSPS) is 12.6. The fourth-order valence-electron chi connectivity index (χ4n) is 3.04. The van der Waals surface area contributed by atoms with Gasteiger partial charge in [-0.2, -0.15) is 0 Å². The van der Waals surface area contributed by atoms with Crippen LogP contribution in [-0.2, 0) is 18.8 Å². The van der Waals surface area contributed by atoms with E-state index in [-0.39, 0.29) is 23.2 Å². The lowest BCUT2D eigenvalue weighted by Gasteiger charge is -2.37. The Morgan fingerprint density at radius 2 is 1.78 bits per heavy atom. The third kappa shape index (κ3) is 9.62. The first-order valence-corrected chi connectivity index (χ1v) is 17.2. The highest BCUT2D eigenvalue weighted by atomic mass is 79.9. The Morgan fingerprint density at radius 3 is 2.38 bits per heavy atom. The van der Waals surface area contributed by atoms with Crippen molar-refractivity contribution in [2.24, 2.45) is 0 Å². The molecule has 2 rings (SSSR count). The molecule has 0 aliphatic heterocycles. The smallest absolute Gasteiger partial charge is 0.330 e. The average molecular weight is 613 g/mol. The third-order valence-corrected chi connectivity index (χ3v) is 12.4. The number of carbonyl (C=O) groups is 3. The van der Waals surface area contributed by atoms with Crippen molar-refractivity contribution < 1.29 is 23.5 Å². The highest BCUT2D eigenvalue weighted by Gasteiger charge is 2.38. The van der Waals surface area contributed by atoms with Crippen LogP contribution in [0, 0.1) is 0 Å². The Kier molecular flexibility index (Phi) is 11.9. The van der Waals surface area contributed by atoms with E-state index < -0.39 is 26.2 Å². The number of amides is 2. The largest absolute Gasteiger partial charge is 0.467 e. The molecule has 0 saturated heterocycles. The van der Waals surface area contributed by atoms with Gasteiger partial charge in [-0.1, -0.05) is 43.1 Å². The summed E-state index contributed by atoms with van der Waals surface area (Å²) in [6, 6.07) is 6.41. The maximum absolute atomic E-state index is 12.9. The number of rotatable bonds is 13. The number of benzene rings is 1. The fraction of sp³-hybridized carbons (Fsp3) is 0.538. The summed E-state index contributed by atoms with van der Waals surface area (Å²) in [5.41, 5.74) is 1.75. The highest BCUT2D eigenvalue weighted by Crippen LogP contribution is 2.36. The van der Waals surface area contributed by atoms with E-state index in [4.69, 9.17) is 9.16 Å². The molecule has 0 spiro atoms. The summed E-state index contributed by atoms with van der Waals surface area (Å²) in [6.45, 7) is 10.5. The first-order valence-electron chi connectivity index (χ1n) is 12.3. The zero-order valence-electron chi connectivity index (χ0n) is 22.5. The van der Waals surface area contributed by atoms with Crippen LogP contribution in [-0.4, -0.2) is 56.2 Å². The molecule has 0 aliphatic rings. The van der Waals surface area contributed by atoms with Gasteiger partial charge in [-0.3, -0.25) is 9.59 Å². The Balaban J connectivity index is 2.00. The van der Waals surface area contributed by atoms with E-state index in [2.05, 4.69) is 65.4 Å². The lowest BCUT2D eigenvalue weighted by molar-refractivity contribution is -0.143. The van der Waals surface area contributed by atoms with E-state index >= 15 is 0 Å². The van der Waals surface area contributed by atoms with E-state index in [1.54, 1.807) is 5.38 Å². The van der Waals surface area contributed by atoms with Crippen molar-refractivity contribution in [2.45, 2.75) is 70.6 Å². The van der Waals surface area contributed by atoms with Gasteiger partial charge in [0, 0.05) is 28.4 Å². The minimum absolute atomic E-state index is 0.00628. The van der Waals surface area contributed by atoms with Gasteiger partial charge in [0.05, 0.1) is 13.7 Å². The van der Waals surface area contributed by atoms with Crippen molar-refractivity contribution in [3.63, 3.8) is 0 Å². The van der Waals surface area contributed by atoms with E-state index in [1.807, 2.05) is 24.3 Å². The molecule has 1 heterocycles. The second-order valence-corrected chi connectivity index (χ2v) is 16.7. The van der Waals surface area contributed by atoms with Crippen LogP contribution in [0.5, 0.6) is 0 Å². The fourth-order valence-corrected chi connectivity index (χ4v) is 5.26. The van der Waals surface area contributed by atoms with Gasteiger partial charge in [-0.15, -0.1) is 11.3 Å². The monoisotopic (exact) mass is 611 g/mol. The number of thiazole rings is 1. The number of carbonyl (C=O) groups excluding carboxylic acids is 3. The molecule has 1 aromatic carbocycles. The molecule has 0 radical (unpaired) electrons. The second-order valence-electron chi connectivity index (χ2n) is 10.3. The molecule has 0 bridgehead atoms. The van der Waals surface area contributed by atoms with E-state index in [0.717, 1.165) is 30.2 Å². The molecule has 1 atom stereocenters. The van der Waals surface area contributed by atoms with Gasteiger partial charge >= 0.3 is 5.97 Å². The number of methoxy groups -OCH3 is 1. The van der Waals surface area contributed by atoms with E-state index in [1.165, 1.54) is 18.4 Å². The third-order valence-electron chi connectivity index (χ3n) is 6.40. The summed E-state index contributed by atoms with van der Waals surface area (Å²) in [4.78, 5) is 41.7. The number of nitrogens with zero attached hydrogens (tertiary/aromatic N) is 1. The Morgan fingerprint density at radius 1 is 1.11 bits per heavy atom. The molecular weight excluding hydrogens is 574 g/mol. The van der Waals surface area contributed by atoms with Crippen molar-refractivity contribution >= 4 is 59.1 Å². The standard InChI is InChI=1S/C26H38BrN3O5SSi/c1-26(2,3)37(5,6)35-16-20(25(33)34-4)29-23(32)21-17-36-24(30-21)18-11-13-19(14-12-18)28-22(31)10-8-7-9-15-27/h11-14,17,20H,7-10,15-16H2,1-6H3,(H,28,31)(H,29,32)/t20-/m0/s1. The minimum atomic E-state index is -2.12. The van der Waals surface area contributed by atoms with Gasteiger partial charge in [0.15, 0.2) is 8.32 Å². The molecule has 11 heteroatoms. The number of ether oxygens (including phenoxy) is 1. The number of halogens is 1. The van der Waals surface area contributed by atoms with Crippen LogP contribution in [0.15, 0.2) is 29.6 Å². The zero-order valence-corrected chi connectivity index (χ0v) is 25.9. The van der Waals surface area contributed by atoms with E-state index in [0.29, 0.717) is 17.1 Å². The van der Waals surface area contributed by atoms with Crippen LogP contribution < -0.4 is 10.6 Å². The topological polar surface area (TPSA) is 107 Å². The number of unbranched alkanes of at least 4 members (excludes halogenated alkanes) is 2. The molecule has 2 aromatic rings. The summed E-state index contributed by atoms with van der Waals surface area (Å²) in [5, 5.41) is 8.84. The van der Waals surface area contributed by atoms with E-state index in [9.17, 15) is 14.4 Å². The summed E-state index contributed by atoms with van der Waals surface area (Å²) in [6.07, 6.45) is 3.43. The predicted molar refractivity (Wildman–Crippen MR) is 155 cm³/mol. The molecule has 0 saturated carbocycles. The van der Waals surface area contributed by atoms with Gasteiger partial charge in [0.25, 0.3) is 5.91 Å². The van der Waals surface area contributed by atoms with Crippen molar-refractivity contribution in [1.29, 1.82) is 0 Å². The number of anilines is 1. The van der Waals surface area contributed by atoms with Crippen molar-refractivity contribution in [3.8, 4) is 10.6 Å². The lowest BCUT2D eigenvalue weighted by atomic mass is 10.2. The molecule has 0 aliphatic carbocycles. The van der Waals surface area contributed by atoms with Gasteiger partial charge in [-0.25, -0.2) is 9.78 Å². The van der Waals surface area contributed by atoms with Crippen LogP contribution in [0.2, 0.25) is 18.1 Å². The van der Waals surface area contributed by atoms with Crippen molar-refractivity contribution in [1.82, 2.24) is 10.3 Å². The number of hydrogen-bond donors (Lipinski definition) is 2. The average Bonchev–Trinajstić information content (AvgIpc) is 3.34. The lowest BCUT2D eigenvalue weighted by Crippen LogP contribution is -2.49. The summed E-state index contributed by atoms with van der Waals surface area (Å²) in [7, 11) is -0.839. The summed E-state index contributed by atoms with van der Waals surface area (Å²) < 4.78 is 11.0. The van der Waals surface area contributed by atoms with Crippen LogP contribution in [0.25, 0.3) is 10.6 Å². The Bertz CT molecular complexity index is 1050. The number of nitrogens with one attached hydrogen (secondary N) is 2. The quantitative estimate of drug-likeness (QED) is 0.125.